The highest BCUT2D eigenvalue weighted by Gasteiger charge is 2.14. The van der Waals surface area contributed by atoms with Crippen molar-refractivity contribution in [2.24, 2.45) is 0 Å². The van der Waals surface area contributed by atoms with Crippen molar-refractivity contribution in [2.75, 3.05) is 0 Å². The van der Waals surface area contributed by atoms with Crippen molar-refractivity contribution in [1.29, 1.82) is 0 Å². The molecule has 0 bridgehead atoms. The SMILES string of the molecule is CCCn1c(CNC(C)(C)C)nc2cc(Cl)ccc21. The van der Waals surface area contributed by atoms with Gasteiger partial charge in [0, 0.05) is 17.1 Å². The molecule has 0 aliphatic rings. The molecular formula is C15H22ClN3. The summed E-state index contributed by atoms with van der Waals surface area (Å²) < 4.78 is 2.28. The number of fused-ring (bicyclic) bond motifs is 1. The second-order valence-corrected chi connectivity index (χ2v) is 6.35. The van der Waals surface area contributed by atoms with Gasteiger partial charge in [-0.05, 0) is 45.4 Å². The van der Waals surface area contributed by atoms with Crippen LogP contribution in [0.25, 0.3) is 11.0 Å². The molecule has 3 nitrogen and oxygen atoms in total. The number of hydrogen-bond donors (Lipinski definition) is 1. The highest BCUT2D eigenvalue weighted by molar-refractivity contribution is 6.31. The number of imidazole rings is 1. The highest BCUT2D eigenvalue weighted by atomic mass is 35.5. The van der Waals surface area contributed by atoms with Gasteiger partial charge in [-0.3, -0.25) is 0 Å². The number of nitrogens with zero attached hydrogens (tertiary/aromatic N) is 2. The molecule has 0 saturated carbocycles. The lowest BCUT2D eigenvalue weighted by molar-refractivity contribution is 0.412. The Bertz CT molecular complexity index is 567. The third kappa shape index (κ3) is 3.48. The molecule has 0 aliphatic carbocycles. The molecule has 4 heteroatoms. The van der Waals surface area contributed by atoms with Crippen molar-refractivity contribution in [3.05, 3.63) is 29.0 Å². The highest BCUT2D eigenvalue weighted by Crippen LogP contribution is 2.21. The molecule has 0 atom stereocenters. The first kappa shape index (κ1) is 14.4. The van der Waals surface area contributed by atoms with Gasteiger partial charge in [0.2, 0.25) is 0 Å². The second kappa shape index (κ2) is 5.51. The van der Waals surface area contributed by atoms with E-state index in [0.717, 1.165) is 41.4 Å². The molecule has 104 valence electrons. The quantitative estimate of drug-likeness (QED) is 0.917. The Morgan fingerprint density at radius 1 is 1.32 bits per heavy atom. The van der Waals surface area contributed by atoms with Crippen LogP contribution in [-0.4, -0.2) is 15.1 Å². The molecule has 0 radical (unpaired) electrons. The van der Waals surface area contributed by atoms with Crippen LogP contribution in [0.1, 0.15) is 39.9 Å². The first-order valence-electron chi connectivity index (χ1n) is 6.80. The van der Waals surface area contributed by atoms with E-state index in [9.17, 15) is 0 Å². The van der Waals surface area contributed by atoms with E-state index in [1.807, 2.05) is 12.1 Å². The maximum absolute atomic E-state index is 6.04. The van der Waals surface area contributed by atoms with Gasteiger partial charge in [0.05, 0.1) is 17.6 Å². The van der Waals surface area contributed by atoms with Gasteiger partial charge in [0.1, 0.15) is 5.82 Å². The molecule has 0 saturated heterocycles. The molecule has 1 aromatic heterocycles. The summed E-state index contributed by atoms with van der Waals surface area (Å²) >= 11 is 6.04. The molecule has 19 heavy (non-hydrogen) atoms. The van der Waals surface area contributed by atoms with Gasteiger partial charge in [-0.2, -0.15) is 0 Å². The minimum absolute atomic E-state index is 0.0901. The standard InChI is InChI=1S/C15H22ClN3/c1-5-8-19-13-7-6-11(16)9-12(13)18-14(19)10-17-15(2,3)4/h6-7,9,17H,5,8,10H2,1-4H3. The zero-order chi connectivity index (χ0) is 14.0. The van der Waals surface area contributed by atoms with Gasteiger partial charge in [-0.1, -0.05) is 18.5 Å². The Labute approximate surface area is 120 Å². The van der Waals surface area contributed by atoms with Gasteiger partial charge in [-0.15, -0.1) is 0 Å². The monoisotopic (exact) mass is 279 g/mol. The predicted octanol–water partition coefficient (Wildman–Crippen LogP) is 3.99. The molecule has 0 fully saturated rings. The number of benzene rings is 1. The molecular weight excluding hydrogens is 258 g/mol. The summed E-state index contributed by atoms with van der Waals surface area (Å²) in [5.41, 5.74) is 2.23. The molecule has 2 aromatic rings. The first-order valence-corrected chi connectivity index (χ1v) is 7.18. The fourth-order valence-electron chi connectivity index (χ4n) is 2.11. The summed E-state index contributed by atoms with van der Waals surface area (Å²) in [6.45, 7) is 10.4. The van der Waals surface area contributed by atoms with E-state index in [-0.39, 0.29) is 5.54 Å². The molecule has 0 aliphatic heterocycles. The zero-order valence-electron chi connectivity index (χ0n) is 12.1. The summed E-state index contributed by atoms with van der Waals surface area (Å²) in [4.78, 5) is 4.71. The van der Waals surface area contributed by atoms with E-state index >= 15 is 0 Å². The lowest BCUT2D eigenvalue weighted by Gasteiger charge is -2.20. The van der Waals surface area contributed by atoms with Crippen molar-refractivity contribution in [3.8, 4) is 0 Å². The molecule has 1 heterocycles. The number of aromatic nitrogens is 2. The summed E-state index contributed by atoms with van der Waals surface area (Å²) in [6, 6.07) is 5.92. The first-order chi connectivity index (χ1) is 8.90. The predicted molar refractivity (Wildman–Crippen MR) is 81.6 cm³/mol. The number of hydrogen-bond acceptors (Lipinski definition) is 2. The minimum atomic E-state index is 0.0901. The zero-order valence-corrected chi connectivity index (χ0v) is 12.9. The van der Waals surface area contributed by atoms with Gasteiger partial charge >= 0.3 is 0 Å². The summed E-state index contributed by atoms with van der Waals surface area (Å²) in [5.74, 6) is 1.08. The van der Waals surface area contributed by atoms with Crippen LogP contribution >= 0.6 is 11.6 Å². The van der Waals surface area contributed by atoms with Crippen molar-refractivity contribution >= 4 is 22.6 Å². The van der Waals surface area contributed by atoms with Crippen LogP contribution in [0, 0.1) is 0 Å². The van der Waals surface area contributed by atoms with E-state index in [4.69, 9.17) is 16.6 Å². The van der Waals surface area contributed by atoms with Crippen LogP contribution in [0.4, 0.5) is 0 Å². The normalized spacial score (nSPS) is 12.3. The Morgan fingerprint density at radius 3 is 2.68 bits per heavy atom. The van der Waals surface area contributed by atoms with E-state index < -0.39 is 0 Å². The van der Waals surface area contributed by atoms with Crippen molar-refractivity contribution in [1.82, 2.24) is 14.9 Å². The maximum atomic E-state index is 6.04. The molecule has 0 amide bonds. The van der Waals surface area contributed by atoms with Crippen molar-refractivity contribution in [2.45, 2.75) is 52.7 Å². The molecule has 2 rings (SSSR count). The molecule has 1 N–H and O–H groups in total. The Kier molecular flexibility index (Phi) is 4.16. The fourth-order valence-corrected chi connectivity index (χ4v) is 2.27. The van der Waals surface area contributed by atoms with Crippen molar-refractivity contribution < 1.29 is 0 Å². The van der Waals surface area contributed by atoms with Gasteiger partial charge < -0.3 is 9.88 Å². The van der Waals surface area contributed by atoms with Gasteiger partial charge in [0.25, 0.3) is 0 Å². The van der Waals surface area contributed by atoms with Crippen LogP contribution < -0.4 is 5.32 Å². The third-order valence-electron chi connectivity index (χ3n) is 3.01. The van der Waals surface area contributed by atoms with Crippen molar-refractivity contribution in [3.63, 3.8) is 0 Å². The summed E-state index contributed by atoms with van der Waals surface area (Å²) in [7, 11) is 0. The van der Waals surface area contributed by atoms with E-state index in [1.165, 1.54) is 0 Å². The van der Waals surface area contributed by atoms with E-state index in [1.54, 1.807) is 0 Å². The largest absolute Gasteiger partial charge is 0.327 e. The van der Waals surface area contributed by atoms with Crippen LogP contribution in [0.15, 0.2) is 18.2 Å². The van der Waals surface area contributed by atoms with Crippen LogP contribution in [0.2, 0.25) is 5.02 Å². The lowest BCUT2D eigenvalue weighted by atomic mass is 10.1. The fraction of sp³-hybridized carbons (Fsp3) is 0.533. The number of nitrogens with one attached hydrogen (secondary N) is 1. The Hall–Kier alpha value is -1.06. The number of rotatable bonds is 4. The summed E-state index contributed by atoms with van der Waals surface area (Å²) in [5, 5.41) is 4.24. The molecule has 1 aromatic carbocycles. The van der Waals surface area contributed by atoms with E-state index in [2.05, 4.69) is 43.6 Å². The van der Waals surface area contributed by atoms with Crippen LogP contribution in [-0.2, 0) is 13.1 Å². The summed E-state index contributed by atoms with van der Waals surface area (Å²) in [6.07, 6.45) is 1.09. The van der Waals surface area contributed by atoms with Gasteiger partial charge in [0.15, 0.2) is 0 Å². The second-order valence-electron chi connectivity index (χ2n) is 5.92. The van der Waals surface area contributed by atoms with Gasteiger partial charge in [-0.25, -0.2) is 4.98 Å². The van der Waals surface area contributed by atoms with E-state index in [0.29, 0.717) is 0 Å². The average molecular weight is 280 g/mol. The lowest BCUT2D eigenvalue weighted by Crippen LogP contribution is -2.35. The van der Waals surface area contributed by atoms with Crippen LogP contribution in [0.3, 0.4) is 0 Å². The minimum Gasteiger partial charge on any atom is -0.327 e. The topological polar surface area (TPSA) is 29.9 Å². The Morgan fingerprint density at radius 2 is 2.05 bits per heavy atom. The molecule has 0 spiro atoms. The average Bonchev–Trinajstić information content (AvgIpc) is 2.64. The third-order valence-corrected chi connectivity index (χ3v) is 3.25. The Balaban J connectivity index is 2.38. The smallest absolute Gasteiger partial charge is 0.123 e. The number of aryl methyl sites for hydroxylation is 1. The number of halogens is 1. The molecule has 0 unspecified atom stereocenters. The maximum Gasteiger partial charge on any atom is 0.123 e. The van der Waals surface area contributed by atoms with Crippen LogP contribution in [0.5, 0.6) is 0 Å².